The lowest BCUT2D eigenvalue weighted by Gasteiger charge is -2.08. The summed E-state index contributed by atoms with van der Waals surface area (Å²) in [5, 5.41) is 13.9. The molecular formula is C17H15BrN4O2. The van der Waals surface area contributed by atoms with Gasteiger partial charge in [-0.25, -0.2) is 0 Å². The Morgan fingerprint density at radius 1 is 1.21 bits per heavy atom. The maximum Gasteiger partial charge on any atom is 0.272 e. The lowest BCUT2D eigenvalue weighted by molar-refractivity contribution is 0.0942. The van der Waals surface area contributed by atoms with Crippen molar-refractivity contribution in [2.45, 2.75) is 13.5 Å². The molecule has 3 aromatic rings. The molecule has 1 aromatic carbocycles. The topological polar surface area (TPSA) is 80.0 Å². The number of aromatic nitrogens is 2. The SMILES string of the molecule is Cc1ccc(Nc2ccc(C(=O)NCc3ccco3)nn2)c(Br)c1. The van der Waals surface area contributed by atoms with Crippen molar-refractivity contribution in [2.75, 3.05) is 5.32 Å². The minimum absolute atomic E-state index is 0.245. The predicted octanol–water partition coefficient (Wildman–Crippen LogP) is 3.81. The van der Waals surface area contributed by atoms with Gasteiger partial charge in [-0.05, 0) is 64.8 Å². The van der Waals surface area contributed by atoms with Gasteiger partial charge in [0.2, 0.25) is 0 Å². The first-order valence-electron chi connectivity index (χ1n) is 7.29. The summed E-state index contributed by atoms with van der Waals surface area (Å²) in [6, 6.07) is 12.8. The van der Waals surface area contributed by atoms with Gasteiger partial charge in [-0.15, -0.1) is 10.2 Å². The Labute approximate surface area is 147 Å². The summed E-state index contributed by atoms with van der Waals surface area (Å²) in [7, 11) is 0. The highest BCUT2D eigenvalue weighted by Crippen LogP contribution is 2.25. The minimum atomic E-state index is -0.304. The van der Waals surface area contributed by atoms with Gasteiger partial charge in [-0.1, -0.05) is 6.07 Å². The van der Waals surface area contributed by atoms with E-state index in [2.05, 4.69) is 36.8 Å². The molecule has 0 radical (unpaired) electrons. The zero-order chi connectivity index (χ0) is 16.9. The van der Waals surface area contributed by atoms with Gasteiger partial charge in [0.25, 0.3) is 5.91 Å². The Balaban J connectivity index is 1.63. The summed E-state index contributed by atoms with van der Waals surface area (Å²) < 4.78 is 6.09. The van der Waals surface area contributed by atoms with E-state index in [0.717, 1.165) is 15.7 Å². The molecule has 0 atom stereocenters. The molecule has 2 N–H and O–H groups in total. The standard InChI is InChI=1S/C17H15BrN4O2/c1-11-4-5-14(13(18)9-11)20-16-7-6-15(21-22-16)17(23)19-10-12-3-2-8-24-12/h2-9H,10H2,1H3,(H,19,23)(H,20,22). The predicted molar refractivity (Wildman–Crippen MR) is 94.1 cm³/mol. The Morgan fingerprint density at radius 3 is 2.75 bits per heavy atom. The van der Waals surface area contributed by atoms with Crippen LogP contribution in [0.4, 0.5) is 11.5 Å². The van der Waals surface area contributed by atoms with E-state index in [4.69, 9.17) is 4.42 Å². The van der Waals surface area contributed by atoms with Crippen LogP contribution in [0.25, 0.3) is 0 Å². The first-order chi connectivity index (χ1) is 11.6. The minimum Gasteiger partial charge on any atom is -0.467 e. The zero-order valence-corrected chi connectivity index (χ0v) is 14.5. The van der Waals surface area contributed by atoms with Crippen molar-refractivity contribution in [1.29, 1.82) is 0 Å². The van der Waals surface area contributed by atoms with Crippen molar-refractivity contribution < 1.29 is 9.21 Å². The molecule has 24 heavy (non-hydrogen) atoms. The first-order valence-corrected chi connectivity index (χ1v) is 8.08. The van der Waals surface area contributed by atoms with Crippen LogP contribution in [0.1, 0.15) is 21.8 Å². The van der Waals surface area contributed by atoms with Crippen molar-refractivity contribution in [3.05, 3.63) is 70.2 Å². The maximum atomic E-state index is 12.0. The second kappa shape index (κ2) is 7.27. The molecule has 0 unspecified atom stereocenters. The molecular weight excluding hydrogens is 372 g/mol. The number of hydrogen-bond acceptors (Lipinski definition) is 5. The van der Waals surface area contributed by atoms with Crippen molar-refractivity contribution in [2.24, 2.45) is 0 Å². The highest BCUT2D eigenvalue weighted by molar-refractivity contribution is 9.10. The largest absolute Gasteiger partial charge is 0.467 e. The Hall–Kier alpha value is -2.67. The lowest BCUT2D eigenvalue weighted by atomic mass is 10.2. The molecule has 0 saturated carbocycles. The molecule has 0 spiro atoms. The van der Waals surface area contributed by atoms with Crippen LogP contribution in [-0.4, -0.2) is 16.1 Å². The van der Waals surface area contributed by atoms with Crippen LogP contribution >= 0.6 is 15.9 Å². The molecule has 0 aliphatic carbocycles. The molecule has 3 rings (SSSR count). The molecule has 7 heteroatoms. The molecule has 0 aliphatic heterocycles. The van der Waals surface area contributed by atoms with Crippen LogP contribution in [-0.2, 0) is 6.54 Å². The van der Waals surface area contributed by atoms with Gasteiger partial charge in [0.15, 0.2) is 11.5 Å². The summed E-state index contributed by atoms with van der Waals surface area (Å²) in [5.74, 6) is 0.933. The number of anilines is 2. The fourth-order valence-corrected chi connectivity index (χ4v) is 2.64. The summed E-state index contributed by atoms with van der Waals surface area (Å²) in [6.07, 6.45) is 1.56. The Kier molecular flexibility index (Phi) is 4.90. The molecule has 0 saturated heterocycles. The normalized spacial score (nSPS) is 10.4. The van der Waals surface area contributed by atoms with E-state index in [9.17, 15) is 4.79 Å². The number of rotatable bonds is 5. The fourth-order valence-electron chi connectivity index (χ4n) is 2.05. The van der Waals surface area contributed by atoms with Crippen LogP contribution < -0.4 is 10.6 Å². The molecule has 0 aliphatic rings. The summed E-state index contributed by atoms with van der Waals surface area (Å²) in [5.41, 5.74) is 2.28. The molecule has 2 heterocycles. The number of furan rings is 1. The smallest absolute Gasteiger partial charge is 0.272 e. The summed E-state index contributed by atoms with van der Waals surface area (Å²) >= 11 is 3.50. The first kappa shape index (κ1) is 16.2. The van der Waals surface area contributed by atoms with Crippen molar-refractivity contribution >= 4 is 33.3 Å². The lowest BCUT2D eigenvalue weighted by Crippen LogP contribution is -2.23. The van der Waals surface area contributed by atoms with Gasteiger partial charge in [0.1, 0.15) is 5.76 Å². The summed E-state index contributed by atoms with van der Waals surface area (Å²) in [4.78, 5) is 12.0. The number of nitrogens with zero attached hydrogens (tertiary/aromatic N) is 2. The van der Waals surface area contributed by atoms with E-state index in [1.54, 1.807) is 30.5 Å². The molecule has 6 nitrogen and oxygen atoms in total. The average Bonchev–Trinajstić information content (AvgIpc) is 3.09. The number of amides is 1. The maximum absolute atomic E-state index is 12.0. The third-order valence-electron chi connectivity index (χ3n) is 3.29. The number of hydrogen-bond donors (Lipinski definition) is 2. The quantitative estimate of drug-likeness (QED) is 0.696. The third kappa shape index (κ3) is 3.99. The number of benzene rings is 1. The van der Waals surface area contributed by atoms with Crippen LogP contribution in [0, 0.1) is 6.92 Å². The zero-order valence-electron chi connectivity index (χ0n) is 12.9. The van der Waals surface area contributed by atoms with Gasteiger partial charge >= 0.3 is 0 Å². The number of aryl methyl sites for hydroxylation is 1. The van der Waals surface area contributed by atoms with Crippen molar-refractivity contribution in [3.63, 3.8) is 0 Å². The molecule has 0 fully saturated rings. The van der Waals surface area contributed by atoms with Crippen LogP contribution in [0.5, 0.6) is 0 Å². The fraction of sp³-hybridized carbons (Fsp3) is 0.118. The number of nitrogens with one attached hydrogen (secondary N) is 2. The molecule has 0 bridgehead atoms. The van der Waals surface area contributed by atoms with Crippen molar-refractivity contribution in [1.82, 2.24) is 15.5 Å². The Morgan fingerprint density at radius 2 is 2.08 bits per heavy atom. The van der Waals surface area contributed by atoms with E-state index in [-0.39, 0.29) is 11.6 Å². The summed E-state index contributed by atoms with van der Waals surface area (Å²) in [6.45, 7) is 2.33. The molecule has 2 aromatic heterocycles. The third-order valence-corrected chi connectivity index (χ3v) is 3.94. The number of halogens is 1. The van der Waals surface area contributed by atoms with Gasteiger partial charge < -0.3 is 15.1 Å². The van der Waals surface area contributed by atoms with Gasteiger partial charge in [0, 0.05) is 4.47 Å². The number of carbonyl (C=O) groups excluding carboxylic acids is 1. The van der Waals surface area contributed by atoms with E-state index in [1.807, 2.05) is 25.1 Å². The van der Waals surface area contributed by atoms with Crippen molar-refractivity contribution in [3.8, 4) is 0 Å². The van der Waals surface area contributed by atoms with E-state index in [0.29, 0.717) is 18.1 Å². The van der Waals surface area contributed by atoms with Gasteiger partial charge in [-0.2, -0.15) is 0 Å². The highest BCUT2D eigenvalue weighted by Gasteiger charge is 2.09. The van der Waals surface area contributed by atoms with Gasteiger partial charge in [0.05, 0.1) is 18.5 Å². The molecule has 122 valence electrons. The Bertz CT molecular complexity index is 832. The average molecular weight is 387 g/mol. The van der Waals surface area contributed by atoms with E-state index < -0.39 is 0 Å². The van der Waals surface area contributed by atoms with Crippen LogP contribution in [0.15, 0.2) is 57.6 Å². The van der Waals surface area contributed by atoms with Crippen LogP contribution in [0.2, 0.25) is 0 Å². The van der Waals surface area contributed by atoms with E-state index in [1.165, 1.54) is 0 Å². The molecule has 1 amide bonds. The van der Waals surface area contributed by atoms with Gasteiger partial charge in [-0.3, -0.25) is 4.79 Å². The monoisotopic (exact) mass is 386 g/mol. The van der Waals surface area contributed by atoms with Crippen LogP contribution in [0.3, 0.4) is 0 Å². The number of carbonyl (C=O) groups is 1. The highest BCUT2D eigenvalue weighted by atomic mass is 79.9. The van der Waals surface area contributed by atoms with E-state index >= 15 is 0 Å². The second-order valence-electron chi connectivity index (χ2n) is 5.17. The second-order valence-corrected chi connectivity index (χ2v) is 6.03.